The molecule has 5 N–H and O–H groups in total. The summed E-state index contributed by atoms with van der Waals surface area (Å²) in [7, 11) is 2.61. The Bertz CT molecular complexity index is 604. The van der Waals surface area contributed by atoms with Gasteiger partial charge in [0.1, 0.15) is 6.04 Å². The average Bonchev–Trinajstić information content (AvgIpc) is 2.85. The lowest BCUT2D eigenvalue weighted by atomic mass is 10.1. The highest BCUT2D eigenvalue weighted by Gasteiger charge is 2.15. The number of aliphatic hydroxyl groups is 1. The second-order valence-corrected chi connectivity index (χ2v) is 8.48. The topological polar surface area (TPSA) is 160 Å². The van der Waals surface area contributed by atoms with Crippen LogP contribution in [0.4, 0.5) is 0 Å². The average molecular weight is 503 g/mol. The van der Waals surface area contributed by atoms with Crippen LogP contribution in [0.5, 0.6) is 0 Å². The molecule has 11 heteroatoms. The molecule has 0 aliphatic carbocycles. The standard InChI is InChI=1S/C24H46N4O7/c1-34-23(32)11-9-10-21(30)26-14-5-3-7-16-28(18-19-29)17-8-4-6-15-27-22(31)13-12-20(25)24(33)35-2/h20,29H,3-19,25H2,1-2H3,(H,26,30)(H,27,31). The second kappa shape index (κ2) is 22.2. The van der Waals surface area contributed by atoms with Crippen LogP contribution >= 0.6 is 0 Å². The number of nitrogens with zero attached hydrogens (tertiary/aromatic N) is 1. The van der Waals surface area contributed by atoms with E-state index in [4.69, 9.17) is 5.73 Å². The minimum atomic E-state index is -0.772. The second-order valence-electron chi connectivity index (χ2n) is 8.48. The molecule has 0 aromatic rings. The predicted molar refractivity (Wildman–Crippen MR) is 132 cm³/mol. The molecule has 0 aromatic heterocycles. The van der Waals surface area contributed by atoms with Gasteiger partial charge in [-0.25, -0.2) is 0 Å². The van der Waals surface area contributed by atoms with E-state index >= 15 is 0 Å². The molecule has 1 atom stereocenters. The van der Waals surface area contributed by atoms with Crippen LogP contribution in [0.2, 0.25) is 0 Å². The van der Waals surface area contributed by atoms with Crippen LogP contribution in [0.15, 0.2) is 0 Å². The van der Waals surface area contributed by atoms with Gasteiger partial charge in [-0.05, 0) is 51.6 Å². The number of nitrogens with two attached hydrogens (primary N) is 1. The van der Waals surface area contributed by atoms with E-state index in [1.807, 2.05) is 0 Å². The summed E-state index contributed by atoms with van der Waals surface area (Å²) in [4.78, 5) is 48.0. The first-order chi connectivity index (χ1) is 16.8. The van der Waals surface area contributed by atoms with Gasteiger partial charge in [-0.1, -0.05) is 12.8 Å². The molecule has 0 rings (SSSR count). The number of nitrogens with one attached hydrogen (secondary N) is 2. The quantitative estimate of drug-likeness (QED) is 0.122. The van der Waals surface area contributed by atoms with E-state index in [1.165, 1.54) is 14.2 Å². The van der Waals surface area contributed by atoms with Crippen LogP contribution in [-0.4, -0.2) is 93.4 Å². The highest BCUT2D eigenvalue weighted by molar-refractivity contribution is 5.79. The van der Waals surface area contributed by atoms with Gasteiger partial charge in [-0.2, -0.15) is 0 Å². The van der Waals surface area contributed by atoms with Gasteiger partial charge >= 0.3 is 11.9 Å². The number of amides is 2. The number of hydrogen-bond donors (Lipinski definition) is 4. The molecule has 0 fully saturated rings. The lowest BCUT2D eigenvalue weighted by molar-refractivity contribution is -0.142. The van der Waals surface area contributed by atoms with Gasteiger partial charge in [0.25, 0.3) is 0 Å². The molecule has 0 spiro atoms. The van der Waals surface area contributed by atoms with Gasteiger partial charge < -0.3 is 35.8 Å². The number of esters is 2. The zero-order valence-corrected chi connectivity index (χ0v) is 21.5. The maximum absolute atomic E-state index is 11.8. The molecule has 0 saturated carbocycles. The Labute approximate surface area is 209 Å². The monoisotopic (exact) mass is 502 g/mol. The minimum Gasteiger partial charge on any atom is -0.469 e. The lowest BCUT2D eigenvalue weighted by Gasteiger charge is -2.21. The first-order valence-corrected chi connectivity index (χ1v) is 12.6. The van der Waals surface area contributed by atoms with Crippen molar-refractivity contribution < 1.29 is 33.8 Å². The maximum Gasteiger partial charge on any atom is 0.322 e. The van der Waals surface area contributed by atoms with Crippen molar-refractivity contribution in [3.05, 3.63) is 0 Å². The van der Waals surface area contributed by atoms with E-state index in [1.54, 1.807) is 0 Å². The van der Waals surface area contributed by atoms with Gasteiger partial charge in [0, 0.05) is 38.9 Å². The normalized spacial score (nSPS) is 11.7. The molecule has 0 bridgehead atoms. The first-order valence-electron chi connectivity index (χ1n) is 12.6. The molecule has 0 aromatic carbocycles. The van der Waals surface area contributed by atoms with Gasteiger partial charge in [0.05, 0.1) is 20.8 Å². The molecule has 0 aliphatic heterocycles. The van der Waals surface area contributed by atoms with Crippen molar-refractivity contribution >= 4 is 23.8 Å². The van der Waals surface area contributed by atoms with Gasteiger partial charge in [0.15, 0.2) is 0 Å². The number of unbranched alkanes of at least 4 members (excludes halogenated alkanes) is 4. The van der Waals surface area contributed by atoms with E-state index < -0.39 is 12.0 Å². The van der Waals surface area contributed by atoms with E-state index in [9.17, 15) is 24.3 Å². The molecular formula is C24H46N4O7. The summed E-state index contributed by atoms with van der Waals surface area (Å²) < 4.78 is 9.08. The van der Waals surface area contributed by atoms with Crippen molar-refractivity contribution in [3.8, 4) is 0 Å². The Morgan fingerprint density at radius 3 is 1.86 bits per heavy atom. The van der Waals surface area contributed by atoms with Crippen molar-refractivity contribution in [1.29, 1.82) is 0 Å². The van der Waals surface area contributed by atoms with Crippen molar-refractivity contribution in [2.75, 3.05) is 53.6 Å². The number of methoxy groups -OCH3 is 2. The zero-order chi connectivity index (χ0) is 26.3. The number of carbonyl (C=O) groups excluding carboxylic acids is 4. The smallest absolute Gasteiger partial charge is 0.322 e. The highest BCUT2D eigenvalue weighted by Crippen LogP contribution is 2.04. The van der Waals surface area contributed by atoms with E-state index in [-0.39, 0.29) is 43.7 Å². The van der Waals surface area contributed by atoms with Crippen LogP contribution in [0.1, 0.15) is 70.6 Å². The summed E-state index contributed by atoms with van der Waals surface area (Å²) >= 11 is 0. The van der Waals surface area contributed by atoms with Gasteiger partial charge in [0.2, 0.25) is 11.8 Å². The number of aliphatic hydroxyl groups excluding tert-OH is 1. The van der Waals surface area contributed by atoms with Crippen LogP contribution in [0, 0.1) is 0 Å². The van der Waals surface area contributed by atoms with Crippen molar-refractivity contribution in [3.63, 3.8) is 0 Å². The molecule has 11 nitrogen and oxygen atoms in total. The molecule has 0 saturated heterocycles. The third-order valence-corrected chi connectivity index (χ3v) is 5.56. The van der Waals surface area contributed by atoms with Crippen LogP contribution in [0.3, 0.4) is 0 Å². The maximum atomic E-state index is 11.8. The number of carbonyl (C=O) groups is 4. The van der Waals surface area contributed by atoms with Crippen LogP contribution < -0.4 is 16.4 Å². The molecule has 204 valence electrons. The van der Waals surface area contributed by atoms with E-state index in [0.717, 1.165) is 51.6 Å². The fourth-order valence-corrected chi connectivity index (χ4v) is 3.43. The van der Waals surface area contributed by atoms with Crippen LogP contribution in [-0.2, 0) is 28.7 Å². The highest BCUT2D eigenvalue weighted by atomic mass is 16.5. The minimum absolute atomic E-state index is 0.0447. The Kier molecular flexibility index (Phi) is 20.8. The van der Waals surface area contributed by atoms with Crippen molar-refractivity contribution in [2.45, 2.75) is 76.7 Å². The molecule has 2 amide bonds. The van der Waals surface area contributed by atoms with Crippen molar-refractivity contribution in [1.82, 2.24) is 15.5 Å². The fraction of sp³-hybridized carbons (Fsp3) is 0.833. The van der Waals surface area contributed by atoms with E-state index in [0.29, 0.717) is 32.5 Å². The molecule has 1 unspecified atom stereocenters. The summed E-state index contributed by atoms with van der Waals surface area (Å²) in [5, 5.41) is 15.0. The summed E-state index contributed by atoms with van der Waals surface area (Å²) in [6.07, 6.45) is 7.19. The molecular weight excluding hydrogens is 456 g/mol. The van der Waals surface area contributed by atoms with Crippen molar-refractivity contribution in [2.24, 2.45) is 5.73 Å². The molecule has 0 heterocycles. The molecule has 35 heavy (non-hydrogen) atoms. The largest absolute Gasteiger partial charge is 0.469 e. The van der Waals surface area contributed by atoms with E-state index in [2.05, 4.69) is 25.0 Å². The Hall–Kier alpha value is -2.24. The van der Waals surface area contributed by atoms with Gasteiger partial charge in [-0.15, -0.1) is 0 Å². The summed E-state index contributed by atoms with van der Waals surface area (Å²) in [6, 6.07) is -0.772. The summed E-state index contributed by atoms with van der Waals surface area (Å²) in [5.41, 5.74) is 5.62. The Morgan fingerprint density at radius 1 is 0.771 bits per heavy atom. The molecule has 0 aliphatic rings. The fourth-order valence-electron chi connectivity index (χ4n) is 3.43. The summed E-state index contributed by atoms with van der Waals surface area (Å²) in [5.74, 6) is -0.979. The third kappa shape index (κ3) is 19.7. The summed E-state index contributed by atoms with van der Waals surface area (Å²) in [6.45, 7) is 3.74. The number of hydrogen-bond acceptors (Lipinski definition) is 9. The lowest BCUT2D eigenvalue weighted by Crippen LogP contribution is -2.34. The van der Waals surface area contributed by atoms with Crippen LogP contribution in [0.25, 0.3) is 0 Å². The third-order valence-electron chi connectivity index (χ3n) is 5.56. The Balaban J connectivity index is 3.75. The first kappa shape index (κ1) is 32.8. The predicted octanol–water partition coefficient (Wildman–Crippen LogP) is 0.478. The zero-order valence-electron chi connectivity index (χ0n) is 21.5. The molecule has 0 radical (unpaired) electrons. The SMILES string of the molecule is COC(=O)CCCC(=O)NCCCCCN(CCO)CCCCCNC(=O)CCC(N)C(=O)OC. The van der Waals surface area contributed by atoms with Gasteiger partial charge in [-0.3, -0.25) is 19.2 Å². The Morgan fingerprint density at radius 2 is 1.34 bits per heavy atom. The number of ether oxygens (including phenoxy) is 2. The number of rotatable bonds is 22.